The highest BCUT2D eigenvalue weighted by molar-refractivity contribution is 6.03. The summed E-state index contributed by atoms with van der Waals surface area (Å²) in [4.78, 5) is 10.9. The van der Waals surface area contributed by atoms with Crippen LogP contribution in [0.5, 0.6) is 0 Å². The van der Waals surface area contributed by atoms with Crippen LogP contribution in [0.1, 0.15) is 21.6 Å². The number of hydrogen-bond donors (Lipinski definition) is 2. The third-order valence-corrected chi connectivity index (χ3v) is 2.33. The van der Waals surface area contributed by atoms with Crippen LogP contribution in [0.2, 0.25) is 0 Å². The molecule has 0 spiro atoms. The number of aromatic carboxylic acids is 1. The van der Waals surface area contributed by atoms with Crippen molar-refractivity contribution in [3.8, 4) is 0 Å². The predicted octanol–water partition coefficient (Wildman–Crippen LogP) is 1.88. The molecular formula is C10H10N2O2. The molecule has 1 aromatic heterocycles. The summed E-state index contributed by atoms with van der Waals surface area (Å²) in [5.74, 6) is -0.971. The van der Waals surface area contributed by atoms with Crippen LogP contribution in [-0.4, -0.2) is 21.3 Å². The van der Waals surface area contributed by atoms with Gasteiger partial charge in [0.1, 0.15) is 0 Å². The number of carbonyl (C=O) groups is 1. The van der Waals surface area contributed by atoms with E-state index in [1.807, 2.05) is 26.0 Å². The molecule has 0 saturated carbocycles. The van der Waals surface area contributed by atoms with E-state index < -0.39 is 5.97 Å². The molecule has 0 fully saturated rings. The van der Waals surface area contributed by atoms with E-state index in [1.165, 1.54) is 0 Å². The van der Waals surface area contributed by atoms with Crippen LogP contribution in [0.25, 0.3) is 10.9 Å². The lowest BCUT2D eigenvalue weighted by Crippen LogP contribution is -1.97. The van der Waals surface area contributed by atoms with Crippen LogP contribution < -0.4 is 0 Å². The highest BCUT2D eigenvalue weighted by Gasteiger charge is 2.14. The van der Waals surface area contributed by atoms with E-state index in [2.05, 4.69) is 10.2 Å². The maximum atomic E-state index is 10.9. The fourth-order valence-electron chi connectivity index (χ4n) is 1.58. The molecule has 14 heavy (non-hydrogen) atoms. The van der Waals surface area contributed by atoms with Crippen molar-refractivity contribution >= 4 is 16.9 Å². The minimum absolute atomic E-state index is 0.168. The highest BCUT2D eigenvalue weighted by atomic mass is 16.4. The minimum Gasteiger partial charge on any atom is -0.477 e. The van der Waals surface area contributed by atoms with Crippen molar-refractivity contribution in [3.63, 3.8) is 0 Å². The molecule has 0 aliphatic rings. The van der Waals surface area contributed by atoms with E-state index in [0.717, 1.165) is 16.6 Å². The van der Waals surface area contributed by atoms with Crippen molar-refractivity contribution in [1.29, 1.82) is 0 Å². The number of carboxylic acids is 1. The van der Waals surface area contributed by atoms with Gasteiger partial charge < -0.3 is 5.11 Å². The van der Waals surface area contributed by atoms with E-state index in [9.17, 15) is 4.79 Å². The number of hydrogen-bond acceptors (Lipinski definition) is 2. The van der Waals surface area contributed by atoms with Gasteiger partial charge in [-0.1, -0.05) is 12.1 Å². The van der Waals surface area contributed by atoms with Crippen LogP contribution >= 0.6 is 0 Å². The van der Waals surface area contributed by atoms with Gasteiger partial charge in [-0.15, -0.1) is 0 Å². The molecule has 0 radical (unpaired) electrons. The number of carboxylic acid groups (broad SMARTS) is 1. The van der Waals surface area contributed by atoms with E-state index in [1.54, 1.807) is 0 Å². The lowest BCUT2D eigenvalue weighted by Gasteiger charge is -1.98. The lowest BCUT2D eigenvalue weighted by atomic mass is 10.1. The number of aryl methyl sites for hydroxylation is 2. The smallest absolute Gasteiger partial charge is 0.354 e. The molecular weight excluding hydrogens is 180 g/mol. The summed E-state index contributed by atoms with van der Waals surface area (Å²) in [6.07, 6.45) is 0. The van der Waals surface area contributed by atoms with Crippen LogP contribution in [-0.2, 0) is 0 Å². The van der Waals surface area contributed by atoms with E-state index >= 15 is 0 Å². The maximum Gasteiger partial charge on any atom is 0.354 e. The van der Waals surface area contributed by atoms with Gasteiger partial charge in [0.15, 0.2) is 5.69 Å². The van der Waals surface area contributed by atoms with Gasteiger partial charge in [-0.05, 0) is 25.0 Å². The average Bonchev–Trinajstić information content (AvgIpc) is 2.56. The van der Waals surface area contributed by atoms with Crippen molar-refractivity contribution in [1.82, 2.24) is 10.2 Å². The van der Waals surface area contributed by atoms with Gasteiger partial charge >= 0.3 is 5.97 Å². The minimum atomic E-state index is -0.971. The molecule has 1 heterocycles. The van der Waals surface area contributed by atoms with Gasteiger partial charge in [0, 0.05) is 5.39 Å². The SMILES string of the molecule is Cc1ccc(C)c2c(C(=O)O)[nH]nc12. The molecule has 0 amide bonds. The van der Waals surface area contributed by atoms with E-state index in [4.69, 9.17) is 5.11 Å². The molecule has 0 unspecified atom stereocenters. The number of nitrogens with zero attached hydrogens (tertiary/aromatic N) is 1. The number of aromatic amines is 1. The summed E-state index contributed by atoms with van der Waals surface area (Å²) in [7, 11) is 0. The third-order valence-electron chi connectivity index (χ3n) is 2.33. The standard InChI is InChI=1S/C10H10N2O2/c1-5-3-4-6(2)8-7(5)9(10(13)14)12-11-8/h3-4H,1-2H3,(H,11,12)(H,13,14). The summed E-state index contributed by atoms with van der Waals surface area (Å²) >= 11 is 0. The normalized spacial score (nSPS) is 10.7. The molecule has 2 aromatic rings. The Bertz CT molecular complexity index is 514. The summed E-state index contributed by atoms with van der Waals surface area (Å²) in [6, 6.07) is 3.84. The molecule has 4 heteroatoms. The van der Waals surface area contributed by atoms with Gasteiger partial charge in [-0.3, -0.25) is 5.10 Å². The highest BCUT2D eigenvalue weighted by Crippen LogP contribution is 2.22. The van der Waals surface area contributed by atoms with E-state index in [0.29, 0.717) is 5.39 Å². The molecule has 0 aliphatic heterocycles. The molecule has 0 aliphatic carbocycles. The van der Waals surface area contributed by atoms with Crippen molar-refractivity contribution < 1.29 is 9.90 Å². The molecule has 0 bridgehead atoms. The first-order valence-corrected chi connectivity index (χ1v) is 4.29. The summed E-state index contributed by atoms with van der Waals surface area (Å²) in [5.41, 5.74) is 2.81. The lowest BCUT2D eigenvalue weighted by molar-refractivity contribution is 0.0692. The number of benzene rings is 1. The molecule has 0 saturated heterocycles. The monoisotopic (exact) mass is 190 g/mol. The van der Waals surface area contributed by atoms with Crippen molar-refractivity contribution in [2.75, 3.05) is 0 Å². The quantitative estimate of drug-likeness (QED) is 0.721. The Morgan fingerprint density at radius 1 is 1.36 bits per heavy atom. The van der Waals surface area contributed by atoms with Gasteiger partial charge in [-0.2, -0.15) is 5.10 Å². The third kappa shape index (κ3) is 1.08. The molecule has 2 rings (SSSR count). The van der Waals surface area contributed by atoms with Crippen LogP contribution in [0.3, 0.4) is 0 Å². The number of aromatic nitrogens is 2. The summed E-state index contributed by atoms with van der Waals surface area (Å²) < 4.78 is 0. The topological polar surface area (TPSA) is 66.0 Å². The fourth-order valence-corrected chi connectivity index (χ4v) is 1.58. The second-order valence-corrected chi connectivity index (χ2v) is 3.33. The van der Waals surface area contributed by atoms with Crippen LogP contribution in [0.4, 0.5) is 0 Å². The molecule has 4 nitrogen and oxygen atoms in total. The number of nitrogens with one attached hydrogen (secondary N) is 1. The predicted molar refractivity (Wildman–Crippen MR) is 52.5 cm³/mol. The second-order valence-electron chi connectivity index (χ2n) is 3.33. The van der Waals surface area contributed by atoms with Gasteiger partial charge in [0.25, 0.3) is 0 Å². The summed E-state index contributed by atoms with van der Waals surface area (Å²) in [5, 5.41) is 16.2. The van der Waals surface area contributed by atoms with Crippen LogP contribution in [0, 0.1) is 13.8 Å². The first kappa shape index (κ1) is 8.74. The molecule has 2 N–H and O–H groups in total. The fraction of sp³-hybridized carbons (Fsp3) is 0.200. The van der Waals surface area contributed by atoms with Gasteiger partial charge in [0.05, 0.1) is 5.52 Å². The Labute approximate surface area is 80.6 Å². The first-order valence-electron chi connectivity index (χ1n) is 4.29. The molecule has 72 valence electrons. The Hall–Kier alpha value is -1.84. The zero-order valence-electron chi connectivity index (χ0n) is 7.96. The van der Waals surface area contributed by atoms with Gasteiger partial charge in [-0.25, -0.2) is 4.79 Å². The van der Waals surface area contributed by atoms with Gasteiger partial charge in [0.2, 0.25) is 0 Å². The van der Waals surface area contributed by atoms with E-state index in [-0.39, 0.29) is 5.69 Å². The van der Waals surface area contributed by atoms with Crippen LogP contribution in [0.15, 0.2) is 12.1 Å². The molecule has 1 aromatic carbocycles. The Morgan fingerprint density at radius 2 is 2.00 bits per heavy atom. The first-order chi connectivity index (χ1) is 6.61. The van der Waals surface area contributed by atoms with Crippen molar-refractivity contribution in [3.05, 3.63) is 29.0 Å². The number of fused-ring (bicyclic) bond motifs is 1. The molecule has 0 atom stereocenters. The maximum absolute atomic E-state index is 10.9. The number of H-pyrrole nitrogens is 1. The Kier molecular flexibility index (Phi) is 1.77. The summed E-state index contributed by atoms with van der Waals surface area (Å²) in [6.45, 7) is 3.79. The number of rotatable bonds is 1. The Morgan fingerprint density at radius 3 is 2.64 bits per heavy atom. The van der Waals surface area contributed by atoms with Crippen molar-refractivity contribution in [2.24, 2.45) is 0 Å². The Balaban J connectivity index is 2.90. The van der Waals surface area contributed by atoms with Crippen molar-refractivity contribution in [2.45, 2.75) is 13.8 Å². The average molecular weight is 190 g/mol. The zero-order valence-corrected chi connectivity index (χ0v) is 7.96. The largest absolute Gasteiger partial charge is 0.477 e. The second kappa shape index (κ2) is 2.83. The zero-order chi connectivity index (χ0) is 10.3.